The van der Waals surface area contributed by atoms with Gasteiger partial charge in [0.05, 0.1) is 13.2 Å². The topological polar surface area (TPSA) is 93.1 Å². The van der Waals surface area contributed by atoms with Crippen LogP contribution >= 0.6 is 0 Å². The Bertz CT molecular complexity index is 276. The monoisotopic (exact) mass is 346 g/mol. The predicted octanol–water partition coefficient (Wildman–Crippen LogP) is 2.74. The number of carbonyl (C=O) groups excluding carboxylic acids is 2. The van der Waals surface area contributed by atoms with Gasteiger partial charge >= 0.3 is 11.9 Å². The first kappa shape index (κ1) is 22.9. The molecule has 0 unspecified atom stereocenters. The molecule has 0 radical (unpaired) electrons. The van der Waals surface area contributed by atoms with Gasteiger partial charge in [-0.25, -0.2) is 0 Å². The average Bonchev–Trinajstić information content (AvgIpc) is 2.57. The van der Waals surface area contributed by atoms with Crippen molar-refractivity contribution in [3.8, 4) is 0 Å². The average molecular weight is 346 g/mol. The minimum atomic E-state index is -0.182. The van der Waals surface area contributed by atoms with Crippen LogP contribution in [-0.2, 0) is 19.1 Å². The zero-order chi connectivity index (χ0) is 17.9. The molecule has 0 aromatic heterocycles. The first-order valence-electron chi connectivity index (χ1n) is 9.23. The summed E-state index contributed by atoms with van der Waals surface area (Å²) < 4.78 is 10.2. The van der Waals surface area contributed by atoms with Crippen molar-refractivity contribution >= 4 is 11.9 Å². The smallest absolute Gasteiger partial charge is 0.305 e. The number of aliphatic hydroxyl groups is 2. The van der Waals surface area contributed by atoms with Crippen molar-refractivity contribution < 1.29 is 29.3 Å². The summed E-state index contributed by atoms with van der Waals surface area (Å²) in [7, 11) is 0. The molecule has 0 aromatic rings. The predicted molar refractivity (Wildman–Crippen MR) is 91.5 cm³/mol. The second kappa shape index (κ2) is 18.2. The van der Waals surface area contributed by atoms with E-state index in [1.54, 1.807) is 0 Å². The molecule has 0 amide bonds. The van der Waals surface area contributed by atoms with E-state index in [1.165, 1.54) is 0 Å². The molecule has 0 saturated carbocycles. The van der Waals surface area contributed by atoms with Gasteiger partial charge in [0, 0.05) is 26.1 Å². The Morgan fingerprint density at radius 1 is 0.542 bits per heavy atom. The van der Waals surface area contributed by atoms with Gasteiger partial charge in [-0.1, -0.05) is 25.7 Å². The summed E-state index contributed by atoms with van der Waals surface area (Å²) in [6.45, 7) is 1.15. The fourth-order valence-electron chi connectivity index (χ4n) is 2.19. The number of aliphatic hydroxyl groups excluding tert-OH is 2. The summed E-state index contributed by atoms with van der Waals surface area (Å²) in [5.41, 5.74) is 0. The second-order valence-electron chi connectivity index (χ2n) is 5.92. The van der Waals surface area contributed by atoms with Gasteiger partial charge in [0.1, 0.15) is 0 Å². The molecule has 0 spiro atoms. The highest BCUT2D eigenvalue weighted by Crippen LogP contribution is 2.05. The van der Waals surface area contributed by atoms with Crippen LogP contribution in [0.1, 0.15) is 77.0 Å². The van der Waals surface area contributed by atoms with Gasteiger partial charge in [-0.2, -0.15) is 0 Å². The van der Waals surface area contributed by atoms with Crippen LogP contribution in [0.3, 0.4) is 0 Å². The molecule has 24 heavy (non-hydrogen) atoms. The normalized spacial score (nSPS) is 10.6. The van der Waals surface area contributed by atoms with E-state index in [2.05, 4.69) is 0 Å². The Balaban J connectivity index is 3.28. The lowest BCUT2D eigenvalue weighted by atomic mass is 10.1. The third-order valence-corrected chi connectivity index (χ3v) is 3.64. The van der Waals surface area contributed by atoms with Gasteiger partial charge in [-0.3, -0.25) is 9.59 Å². The van der Waals surface area contributed by atoms with Crippen LogP contribution in [0, 0.1) is 0 Å². The Labute approximate surface area is 145 Å². The Morgan fingerprint density at radius 2 is 0.917 bits per heavy atom. The van der Waals surface area contributed by atoms with Gasteiger partial charge in [-0.05, 0) is 38.5 Å². The summed E-state index contributed by atoms with van der Waals surface area (Å²) in [6, 6.07) is 0. The molecule has 6 heteroatoms. The largest absolute Gasteiger partial charge is 0.466 e. The molecule has 2 N–H and O–H groups in total. The van der Waals surface area contributed by atoms with Crippen LogP contribution in [0.2, 0.25) is 0 Å². The van der Waals surface area contributed by atoms with E-state index in [9.17, 15) is 9.59 Å². The highest BCUT2D eigenvalue weighted by molar-refractivity contribution is 5.69. The van der Waals surface area contributed by atoms with E-state index in [-0.39, 0.29) is 25.2 Å². The Kier molecular flexibility index (Phi) is 17.3. The summed E-state index contributed by atoms with van der Waals surface area (Å²) in [6.07, 6.45) is 9.17. The van der Waals surface area contributed by atoms with Gasteiger partial charge in [0.15, 0.2) is 0 Å². The lowest BCUT2D eigenvalue weighted by molar-refractivity contribution is -0.146. The molecule has 0 bridgehead atoms. The van der Waals surface area contributed by atoms with Gasteiger partial charge < -0.3 is 19.7 Å². The van der Waals surface area contributed by atoms with Crippen molar-refractivity contribution in [1.29, 1.82) is 0 Å². The van der Waals surface area contributed by atoms with E-state index in [0.29, 0.717) is 38.9 Å². The Hall–Kier alpha value is -1.14. The molecule has 0 rings (SSSR count). The molecule has 0 aliphatic rings. The third-order valence-electron chi connectivity index (χ3n) is 3.64. The molecule has 6 nitrogen and oxygen atoms in total. The number of unbranched alkanes of at least 4 members (excludes halogenated alkanes) is 7. The highest BCUT2D eigenvalue weighted by Gasteiger charge is 2.04. The van der Waals surface area contributed by atoms with E-state index >= 15 is 0 Å². The molecular formula is C18H34O6. The van der Waals surface area contributed by atoms with Gasteiger partial charge in [0.2, 0.25) is 0 Å². The number of hydrogen-bond donors (Lipinski definition) is 2. The first-order valence-corrected chi connectivity index (χ1v) is 9.23. The fourth-order valence-corrected chi connectivity index (χ4v) is 2.19. The Morgan fingerprint density at radius 3 is 1.29 bits per heavy atom. The van der Waals surface area contributed by atoms with Crippen LogP contribution in [0.15, 0.2) is 0 Å². The van der Waals surface area contributed by atoms with Crippen molar-refractivity contribution in [3.63, 3.8) is 0 Å². The van der Waals surface area contributed by atoms with Gasteiger partial charge in [0.25, 0.3) is 0 Å². The molecule has 0 fully saturated rings. The number of carbonyl (C=O) groups is 2. The zero-order valence-corrected chi connectivity index (χ0v) is 14.8. The van der Waals surface area contributed by atoms with Crippen LogP contribution in [-0.4, -0.2) is 48.6 Å². The minimum absolute atomic E-state index is 0.182. The maximum Gasteiger partial charge on any atom is 0.305 e. The standard InChI is InChI=1S/C18H34O6/c19-13-7-3-1-5-11-17(21)23-15-9-10-16-24-18(22)12-6-2-4-8-14-20/h19-20H,1-16H2. The number of rotatable bonds is 17. The molecule has 0 aliphatic carbocycles. The maximum atomic E-state index is 11.4. The van der Waals surface area contributed by atoms with Crippen molar-refractivity contribution in [2.75, 3.05) is 26.4 Å². The summed E-state index contributed by atoms with van der Waals surface area (Å²) >= 11 is 0. The minimum Gasteiger partial charge on any atom is -0.466 e. The van der Waals surface area contributed by atoms with Crippen molar-refractivity contribution in [3.05, 3.63) is 0 Å². The van der Waals surface area contributed by atoms with Crippen LogP contribution < -0.4 is 0 Å². The van der Waals surface area contributed by atoms with Crippen molar-refractivity contribution in [2.45, 2.75) is 77.0 Å². The third kappa shape index (κ3) is 17.2. The molecule has 0 atom stereocenters. The summed E-state index contributed by atoms with van der Waals surface area (Å²) in [4.78, 5) is 22.9. The van der Waals surface area contributed by atoms with Crippen LogP contribution in [0.5, 0.6) is 0 Å². The second-order valence-corrected chi connectivity index (χ2v) is 5.92. The van der Waals surface area contributed by atoms with E-state index < -0.39 is 0 Å². The first-order chi connectivity index (χ1) is 11.7. The summed E-state index contributed by atoms with van der Waals surface area (Å²) in [5, 5.41) is 17.3. The van der Waals surface area contributed by atoms with E-state index in [0.717, 1.165) is 51.4 Å². The number of hydrogen-bond acceptors (Lipinski definition) is 6. The zero-order valence-electron chi connectivity index (χ0n) is 14.8. The van der Waals surface area contributed by atoms with E-state index in [4.69, 9.17) is 19.7 Å². The molecule has 0 saturated heterocycles. The molecule has 0 aromatic carbocycles. The maximum absolute atomic E-state index is 11.4. The number of ether oxygens (including phenoxy) is 2. The number of esters is 2. The summed E-state index contributed by atoms with van der Waals surface area (Å²) in [5.74, 6) is -0.363. The molecule has 0 heterocycles. The lowest BCUT2D eigenvalue weighted by Gasteiger charge is -2.06. The molecule has 0 aliphatic heterocycles. The van der Waals surface area contributed by atoms with Crippen molar-refractivity contribution in [1.82, 2.24) is 0 Å². The quantitative estimate of drug-likeness (QED) is 0.311. The van der Waals surface area contributed by atoms with Crippen molar-refractivity contribution in [2.24, 2.45) is 0 Å². The van der Waals surface area contributed by atoms with Crippen LogP contribution in [0.25, 0.3) is 0 Å². The molecular weight excluding hydrogens is 312 g/mol. The van der Waals surface area contributed by atoms with E-state index in [1.807, 2.05) is 0 Å². The van der Waals surface area contributed by atoms with Gasteiger partial charge in [-0.15, -0.1) is 0 Å². The van der Waals surface area contributed by atoms with Crippen LogP contribution in [0.4, 0.5) is 0 Å². The lowest BCUT2D eigenvalue weighted by Crippen LogP contribution is -2.08. The highest BCUT2D eigenvalue weighted by atomic mass is 16.5. The molecule has 142 valence electrons. The fraction of sp³-hybridized carbons (Fsp3) is 0.889. The SMILES string of the molecule is O=C(CCCCCCO)OCCCCOC(=O)CCCCCCO.